The first kappa shape index (κ1) is 19.2. The van der Waals surface area contributed by atoms with Crippen LogP contribution in [0.4, 0.5) is 0 Å². The van der Waals surface area contributed by atoms with E-state index in [1.807, 2.05) is 9.80 Å². The quantitative estimate of drug-likeness (QED) is 0.735. The van der Waals surface area contributed by atoms with E-state index in [1.54, 1.807) is 0 Å². The summed E-state index contributed by atoms with van der Waals surface area (Å²) < 4.78 is 11.4. The molecule has 2 spiro atoms. The van der Waals surface area contributed by atoms with Crippen LogP contribution >= 0.6 is 0 Å². The first-order valence-corrected chi connectivity index (χ1v) is 10.7. The molecule has 2 saturated carbocycles. The van der Waals surface area contributed by atoms with Crippen LogP contribution in [-0.4, -0.2) is 74.2 Å². The van der Waals surface area contributed by atoms with Crippen LogP contribution in [0.3, 0.4) is 0 Å². The highest BCUT2D eigenvalue weighted by molar-refractivity contribution is 5.77. The molecule has 0 bridgehead atoms. The standard InChI is InChI=1S/C21H34N2O4/c1-17(12-19(25)23-9-11-27-16-21(14-23)6-7-21)2-3-18(24)22-8-10-26-15-20(13-22)4-5-20/h17H,2-16H2,1H3. The summed E-state index contributed by atoms with van der Waals surface area (Å²) in [4.78, 5) is 29.4. The molecule has 152 valence electrons. The van der Waals surface area contributed by atoms with Crippen LogP contribution in [0.5, 0.6) is 0 Å². The van der Waals surface area contributed by atoms with Crippen LogP contribution in [0.15, 0.2) is 0 Å². The largest absolute Gasteiger partial charge is 0.379 e. The second-order valence-corrected chi connectivity index (χ2v) is 9.58. The molecule has 2 heterocycles. The minimum Gasteiger partial charge on any atom is -0.379 e. The van der Waals surface area contributed by atoms with E-state index in [0.717, 1.165) is 32.7 Å². The van der Waals surface area contributed by atoms with Crippen LogP contribution in [-0.2, 0) is 19.1 Å². The summed E-state index contributed by atoms with van der Waals surface area (Å²) in [6.07, 6.45) is 6.59. The van der Waals surface area contributed by atoms with Crippen LogP contribution in [0, 0.1) is 16.7 Å². The number of hydrogen-bond donors (Lipinski definition) is 0. The third kappa shape index (κ3) is 4.83. The maximum absolute atomic E-state index is 12.7. The highest BCUT2D eigenvalue weighted by Gasteiger charge is 2.47. The molecule has 0 N–H and O–H groups in total. The lowest BCUT2D eigenvalue weighted by molar-refractivity contribution is -0.134. The van der Waals surface area contributed by atoms with Gasteiger partial charge in [0.25, 0.3) is 0 Å². The van der Waals surface area contributed by atoms with Gasteiger partial charge in [-0.15, -0.1) is 0 Å². The molecule has 6 heteroatoms. The molecular formula is C21H34N2O4. The van der Waals surface area contributed by atoms with Gasteiger partial charge in [-0.2, -0.15) is 0 Å². The lowest BCUT2D eigenvalue weighted by atomic mass is 9.99. The summed E-state index contributed by atoms with van der Waals surface area (Å²) in [6.45, 7) is 8.15. The second-order valence-electron chi connectivity index (χ2n) is 9.58. The molecule has 2 aliphatic heterocycles. The molecule has 4 aliphatic rings. The van der Waals surface area contributed by atoms with Gasteiger partial charge in [0, 0.05) is 49.9 Å². The molecule has 0 aromatic carbocycles. The molecule has 27 heavy (non-hydrogen) atoms. The van der Waals surface area contributed by atoms with Crippen molar-refractivity contribution in [2.75, 3.05) is 52.6 Å². The topological polar surface area (TPSA) is 59.1 Å². The lowest BCUT2D eigenvalue weighted by Crippen LogP contribution is -2.38. The minimum atomic E-state index is 0.228. The predicted molar refractivity (Wildman–Crippen MR) is 101 cm³/mol. The molecule has 1 atom stereocenters. The Kier molecular flexibility index (Phi) is 5.48. The summed E-state index contributed by atoms with van der Waals surface area (Å²) in [5.74, 6) is 0.692. The summed E-state index contributed by atoms with van der Waals surface area (Å²) in [6, 6.07) is 0. The summed E-state index contributed by atoms with van der Waals surface area (Å²) in [5.41, 5.74) is 0.500. The Hall–Kier alpha value is -1.14. The average Bonchev–Trinajstić information content (AvgIpc) is 3.55. The van der Waals surface area contributed by atoms with Crippen molar-refractivity contribution in [2.45, 2.75) is 51.9 Å². The Morgan fingerprint density at radius 3 is 1.93 bits per heavy atom. The van der Waals surface area contributed by atoms with E-state index in [0.29, 0.717) is 39.1 Å². The molecule has 2 amide bonds. The van der Waals surface area contributed by atoms with E-state index >= 15 is 0 Å². The summed E-state index contributed by atoms with van der Waals surface area (Å²) >= 11 is 0. The van der Waals surface area contributed by atoms with Crippen LogP contribution in [0.25, 0.3) is 0 Å². The maximum atomic E-state index is 12.7. The van der Waals surface area contributed by atoms with Gasteiger partial charge in [-0.25, -0.2) is 0 Å². The Morgan fingerprint density at radius 2 is 1.41 bits per heavy atom. The van der Waals surface area contributed by atoms with Crippen molar-refractivity contribution in [2.24, 2.45) is 16.7 Å². The smallest absolute Gasteiger partial charge is 0.222 e. The van der Waals surface area contributed by atoms with Crippen LogP contribution in [0.2, 0.25) is 0 Å². The van der Waals surface area contributed by atoms with E-state index in [-0.39, 0.29) is 28.6 Å². The number of amides is 2. The first-order chi connectivity index (χ1) is 13.0. The molecule has 4 fully saturated rings. The zero-order valence-electron chi connectivity index (χ0n) is 16.7. The van der Waals surface area contributed by atoms with Gasteiger partial charge in [0.1, 0.15) is 0 Å². The van der Waals surface area contributed by atoms with Gasteiger partial charge in [-0.3, -0.25) is 9.59 Å². The van der Waals surface area contributed by atoms with Crippen molar-refractivity contribution < 1.29 is 19.1 Å². The van der Waals surface area contributed by atoms with Crippen LogP contribution < -0.4 is 0 Å². The van der Waals surface area contributed by atoms with Crippen molar-refractivity contribution in [3.63, 3.8) is 0 Å². The fraction of sp³-hybridized carbons (Fsp3) is 0.905. The molecule has 1 unspecified atom stereocenters. The van der Waals surface area contributed by atoms with E-state index in [1.165, 1.54) is 25.7 Å². The van der Waals surface area contributed by atoms with Crippen molar-refractivity contribution in [1.82, 2.24) is 9.80 Å². The fourth-order valence-corrected chi connectivity index (χ4v) is 4.43. The van der Waals surface area contributed by atoms with Crippen molar-refractivity contribution in [1.29, 1.82) is 0 Å². The fourth-order valence-electron chi connectivity index (χ4n) is 4.43. The molecule has 2 saturated heterocycles. The molecule has 0 radical (unpaired) electrons. The Balaban J connectivity index is 1.21. The summed E-state index contributed by atoms with van der Waals surface area (Å²) in [7, 11) is 0. The maximum Gasteiger partial charge on any atom is 0.222 e. The zero-order chi connectivity index (χ0) is 18.9. The number of hydrogen-bond acceptors (Lipinski definition) is 4. The second kappa shape index (κ2) is 7.70. The van der Waals surface area contributed by atoms with Gasteiger partial charge in [0.05, 0.1) is 26.4 Å². The van der Waals surface area contributed by atoms with Gasteiger partial charge in [0.15, 0.2) is 0 Å². The Labute approximate surface area is 162 Å². The van der Waals surface area contributed by atoms with Gasteiger partial charge >= 0.3 is 0 Å². The normalized spacial score (nSPS) is 27.1. The number of rotatable bonds is 5. The van der Waals surface area contributed by atoms with Crippen molar-refractivity contribution in [3.8, 4) is 0 Å². The van der Waals surface area contributed by atoms with Crippen molar-refractivity contribution in [3.05, 3.63) is 0 Å². The van der Waals surface area contributed by atoms with Crippen LogP contribution in [0.1, 0.15) is 51.9 Å². The average molecular weight is 379 g/mol. The number of carbonyl (C=O) groups excluding carboxylic acids is 2. The summed E-state index contributed by atoms with van der Waals surface area (Å²) in [5, 5.41) is 0. The van der Waals surface area contributed by atoms with Gasteiger partial charge in [-0.05, 0) is 38.0 Å². The van der Waals surface area contributed by atoms with E-state index < -0.39 is 0 Å². The monoisotopic (exact) mass is 378 g/mol. The number of ether oxygens (including phenoxy) is 2. The Bertz CT molecular complexity index is 571. The van der Waals surface area contributed by atoms with E-state index in [2.05, 4.69) is 6.92 Å². The number of carbonyl (C=O) groups is 2. The predicted octanol–water partition coefficient (Wildman–Crippen LogP) is 2.07. The zero-order valence-corrected chi connectivity index (χ0v) is 16.7. The van der Waals surface area contributed by atoms with Gasteiger partial charge in [0.2, 0.25) is 11.8 Å². The highest BCUT2D eigenvalue weighted by atomic mass is 16.5. The van der Waals surface area contributed by atoms with Gasteiger partial charge < -0.3 is 19.3 Å². The first-order valence-electron chi connectivity index (χ1n) is 10.7. The van der Waals surface area contributed by atoms with Gasteiger partial charge in [-0.1, -0.05) is 6.92 Å². The third-order valence-electron chi connectivity index (χ3n) is 6.87. The Morgan fingerprint density at radius 1 is 0.889 bits per heavy atom. The molecule has 0 aromatic rings. The molecule has 0 aromatic heterocycles. The molecule has 2 aliphatic carbocycles. The SMILES string of the molecule is CC(CCC(=O)N1CCOCC2(CC2)C1)CC(=O)N1CCOCC2(CC2)C1. The van der Waals surface area contributed by atoms with E-state index in [4.69, 9.17) is 9.47 Å². The third-order valence-corrected chi connectivity index (χ3v) is 6.87. The molecule has 4 rings (SSSR count). The van der Waals surface area contributed by atoms with E-state index in [9.17, 15) is 9.59 Å². The highest BCUT2D eigenvalue weighted by Crippen LogP contribution is 2.48. The van der Waals surface area contributed by atoms with Crippen molar-refractivity contribution >= 4 is 11.8 Å². The molecular weight excluding hydrogens is 344 g/mol. The minimum absolute atomic E-state index is 0.228. The number of nitrogens with zero attached hydrogens (tertiary/aromatic N) is 2. The lowest BCUT2D eigenvalue weighted by Gasteiger charge is -2.26. The molecule has 6 nitrogen and oxygen atoms in total.